The van der Waals surface area contributed by atoms with Crippen molar-refractivity contribution in [2.75, 3.05) is 4.90 Å². The number of nitrogens with zero attached hydrogens (tertiary/aromatic N) is 2. The summed E-state index contributed by atoms with van der Waals surface area (Å²) in [5.74, 6) is 0. The number of anilines is 3. The van der Waals surface area contributed by atoms with Gasteiger partial charge in [-0.2, -0.15) is 0 Å². The molecule has 0 spiro atoms. The molecule has 2 heterocycles. The molecule has 0 radical (unpaired) electrons. The van der Waals surface area contributed by atoms with E-state index in [0.717, 1.165) is 39.0 Å². The van der Waals surface area contributed by atoms with E-state index in [1.165, 1.54) is 94.3 Å². The molecule has 2 aliphatic rings. The topological polar surface area (TPSA) is 21.3 Å². The Kier molecular flexibility index (Phi) is 8.38. The molecule has 12 aromatic rings. The van der Waals surface area contributed by atoms with Crippen LogP contribution in [-0.2, 0) is 10.8 Å². The number of para-hydroxylation sites is 3. The van der Waals surface area contributed by atoms with Gasteiger partial charge in [0.15, 0.2) is 0 Å². The molecule has 0 fully saturated rings. The Morgan fingerprint density at radius 3 is 1.59 bits per heavy atom. The second-order valence-electron chi connectivity index (χ2n) is 20.1. The van der Waals surface area contributed by atoms with Gasteiger partial charge in [-0.1, -0.05) is 155 Å². The number of benzene rings is 10. The Balaban J connectivity index is 0.866. The third-order valence-electron chi connectivity index (χ3n) is 15.6. The molecule has 10 aromatic carbocycles. The molecule has 0 amide bonds. The lowest BCUT2D eigenvalue weighted by atomic mass is 9.81. The van der Waals surface area contributed by atoms with Gasteiger partial charge in [-0.25, -0.2) is 0 Å². The van der Waals surface area contributed by atoms with Crippen molar-refractivity contribution in [2.24, 2.45) is 0 Å². The summed E-state index contributed by atoms with van der Waals surface area (Å²) in [6.07, 6.45) is 0. The molecule has 69 heavy (non-hydrogen) atoms. The van der Waals surface area contributed by atoms with Crippen LogP contribution in [0, 0.1) is 0 Å². The van der Waals surface area contributed by atoms with E-state index in [4.69, 9.17) is 4.42 Å². The summed E-state index contributed by atoms with van der Waals surface area (Å²) >= 11 is 0. The highest BCUT2D eigenvalue weighted by Crippen LogP contribution is 2.54. The fourth-order valence-corrected chi connectivity index (χ4v) is 12.0. The molecule has 2 aliphatic carbocycles. The maximum atomic E-state index is 6.18. The van der Waals surface area contributed by atoms with Crippen LogP contribution in [0.5, 0.6) is 0 Å². The fraction of sp³-hybridized carbons (Fsp3) is 0.0909. The zero-order valence-electron chi connectivity index (χ0n) is 39.1. The van der Waals surface area contributed by atoms with Crippen molar-refractivity contribution in [1.82, 2.24) is 4.57 Å². The number of rotatable bonds is 6. The van der Waals surface area contributed by atoms with Gasteiger partial charge < -0.3 is 13.9 Å². The normalized spacial score (nSPS) is 14.0. The van der Waals surface area contributed by atoms with Crippen molar-refractivity contribution in [3.8, 4) is 50.2 Å². The summed E-state index contributed by atoms with van der Waals surface area (Å²) in [4.78, 5) is 2.46. The number of hydrogen-bond acceptors (Lipinski definition) is 2. The third-order valence-corrected chi connectivity index (χ3v) is 15.6. The lowest BCUT2D eigenvalue weighted by Gasteiger charge is -2.30. The minimum Gasteiger partial charge on any atom is -0.456 e. The Hall–Kier alpha value is -8.40. The van der Waals surface area contributed by atoms with E-state index in [9.17, 15) is 0 Å². The minimum atomic E-state index is -0.239. The second kappa shape index (κ2) is 14.6. The molecular formula is C66H48N2O. The number of hydrogen-bond donors (Lipinski definition) is 0. The molecule has 0 atom stereocenters. The van der Waals surface area contributed by atoms with Crippen LogP contribution in [0.25, 0.3) is 93.9 Å². The molecule has 0 saturated carbocycles. The standard InChI is InChI=1S/C66H48N2O/c1-65(2)57-19-11-8-16-49(57)51-32-29-47(39-59(51)65)67(46-27-22-41(23-28-46)42-26-35-64-56(37-42)54-18-10-13-21-63(54)69-64)48-30-33-52-50-31-24-44(38-58(50)66(3,4)60(52)40-48)43-25-34-62-55(36-43)53-17-9-12-20-61(53)68(62)45-14-6-5-7-15-45/h5-40H,1-4H3. The van der Waals surface area contributed by atoms with Crippen LogP contribution in [0.2, 0.25) is 0 Å². The van der Waals surface area contributed by atoms with Crippen LogP contribution < -0.4 is 4.90 Å². The van der Waals surface area contributed by atoms with Crippen molar-refractivity contribution in [3.05, 3.63) is 241 Å². The van der Waals surface area contributed by atoms with Crippen LogP contribution in [0.3, 0.4) is 0 Å². The molecule has 3 heteroatoms. The van der Waals surface area contributed by atoms with Crippen molar-refractivity contribution in [1.29, 1.82) is 0 Å². The van der Waals surface area contributed by atoms with Crippen LogP contribution in [0.15, 0.2) is 223 Å². The Bertz CT molecular complexity index is 4070. The van der Waals surface area contributed by atoms with Gasteiger partial charge in [-0.3, -0.25) is 0 Å². The summed E-state index contributed by atoms with van der Waals surface area (Å²) in [6.45, 7) is 9.53. The van der Waals surface area contributed by atoms with Crippen molar-refractivity contribution in [3.63, 3.8) is 0 Å². The third kappa shape index (κ3) is 5.87. The average molecular weight is 885 g/mol. The van der Waals surface area contributed by atoms with E-state index >= 15 is 0 Å². The van der Waals surface area contributed by atoms with E-state index < -0.39 is 0 Å². The van der Waals surface area contributed by atoms with Gasteiger partial charge in [0.2, 0.25) is 0 Å². The van der Waals surface area contributed by atoms with Crippen molar-refractivity contribution in [2.45, 2.75) is 38.5 Å². The van der Waals surface area contributed by atoms with Gasteiger partial charge in [0.05, 0.1) is 11.0 Å². The van der Waals surface area contributed by atoms with Crippen molar-refractivity contribution < 1.29 is 4.42 Å². The largest absolute Gasteiger partial charge is 0.456 e. The van der Waals surface area contributed by atoms with Gasteiger partial charge in [-0.15, -0.1) is 0 Å². The second-order valence-corrected chi connectivity index (χ2v) is 20.1. The van der Waals surface area contributed by atoms with Gasteiger partial charge >= 0.3 is 0 Å². The van der Waals surface area contributed by atoms with E-state index in [0.29, 0.717) is 0 Å². The van der Waals surface area contributed by atoms with Crippen LogP contribution in [-0.4, -0.2) is 4.57 Å². The maximum Gasteiger partial charge on any atom is 0.135 e. The van der Waals surface area contributed by atoms with Crippen molar-refractivity contribution >= 4 is 60.8 Å². The molecule has 0 N–H and O–H groups in total. The Morgan fingerprint density at radius 1 is 0.333 bits per heavy atom. The average Bonchev–Trinajstić information content (AvgIpc) is 4.07. The smallest absolute Gasteiger partial charge is 0.135 e. The summed E-state index contributed by atoms with van der Waals surface area (Å²) < 4.78 is 8.57. The molecule has 0 aliphatic heterocycles. The zero-order chi connectivity index (χ0) is 46.2. The summed E-state index contributed by atoms with van der Waals surface area (Å²) in [5, 5.41) is 4.80. The quantitative estimate of drug-likeness (QED) is 0.166. The molecule has 2 aromatic heterocycles. The first kappa shape index (κ1) is 39.7. The van der Waals surface area contributed by atoms with Gasteiger partial charge in [0, 0.05) is 55.1 Å². The Labute approximate surface area is 402 Å². The highest BCUT2D eigenvalue weighted by molar-refractivity contribution is 6.11. The number of aromatic nitrogens is 1. The summed E-state index contributed by atoms with van der Waals surface area (Å²) in [6, 6.07) is 80.7. The summed E-state index contributed by atoms with van der Waals surface area (Å²) in [7, 11) is 0. The zero-order valence-corrected chi connectivity index (χ0v) is 39.1. The van der Waals surface area contributed by atoms with E-state index in [1.807, 2.05) is 12.1 Å². The van der Waals surface area contributed by atoms with E-state index in [-0.39, 0.29) is 10.8 Å². The van der Waals surface area contributed by atoms with E-state index in [2.05, 4.69) is 243 Å². The van der Waals surface area contributed by atoms with Crippen LogP contribution in [0.1, 0.15) is 49.9 Å². The first-order valence-electron chi connectivity index (χ1n) is 24.2. The van der Waals surface area contributed by atoms with Crippen LogP contribution >= 0.6 is 0 Å². The predicted octanol–water partition coefficient (Wildman–Crippen LogP) is 18.1. The SMILES string of the molecule is CC1(C)c2ccccc2-c2ccc(N(c3ccc(-c4ccc5oc6ccccc6c5c4)cc3)c3ccc4c(c3)C(C)(C)c3cc(-c5ccc6c(c5)c5ccccc5n6-c5ccccc5)ccc3-4)cc21. The maximum absolute atomic E-state index is 6.18. The van der Waals surface area contributed by atoms with Gasteiger partial charge in [-0.05, 0) is 158 Å². The highest BCUT2D eigenvalue weighted by atomic mass is 16.3. The minimum absolute atomic E-state index is 0.129. The highest BCUT2D eigenvalue weighted by Gasteiger charge is 2.38. The first-order valence-corrected chi connectivity index (χ1v) is 24.2. The fourth-order valence-electron chi connectivity index (χ4n) is 12.0. The van der Waals surface area contributed by atoms with Crippen LogP contribution in [0.4, 0.5) is 17.1 Å². The molecule has 0 bridgehead atoms. The number of furan rings is 1. The molecular weight excluding hydrogens is 837 g/mol. The predicted molar refractivity (Wildman–Crippen MR) is 289 cm³/mol. The molecule has 0 unspecified atom stereocenters. The van der Waals surface area contributed by atoms with Gasteiger partial charge in [0.25, 0.3) is 0 Å². The first-order chi connectivity index (χ1) is 33.7. The number of fused-ring (bicyclic) bond motifs is 12. The molecule has 0 saturated heterocycles. The summed E-state index contributed by atoms with van der Waals surface area (Å²) in [5.41, 5.74) is 23.9. The lowest BCUT2D eigenvalue weighted by Crippen LogP contribution is -2.18. The molecule has 3 nitrogen and oxygen atoms in total. The monoisotopic (exact) mass is 884 g/mol. The lowest BCUT2D eigenvalue weighted by molar-refractivity contribution is 0.660. The molecule has 328 valence electrons. The van der Waals surface area contributed by atoms with E-state index in [1.54, 1.807) is 0 Å². The molecule has 14 rings (SSSR count). The van der Waals surface area contributed by atoms with Gasteiger partial charge in [0.1, 0.15) is 11.2 Å². The Morgan fingerprint density at radius 2 is 0.826 bits per heavy atom.